The molecule has 5 nitrogen and oxygen atoms in total. The highest BCUT2D eigenvalue weighted by Crippen LogP contribution is 2.31. The summed E-state index contributed by atoms with van der Waals surface area (Å²) >= 11 is 1.51. The summed E-state index contributed by atoms with van der Waals surface area (Å²) in [5.41, 5.74) is 7.58. The maximum absolute atomic E-state index is 11.9. The van der Waals surface area contributed by atoms with Crippen LogP contribution in [0.4, 0.5) is 0 Å². The van der Waals surface area contributed by atoms with Crippen molar-refractivity contribution in [1.82, 2.24) is 15.3 Å². The second-order valence-corrected chi connectivity index (χ2v) is 6.20. The molecule has 1 aliphatic rings. The third kappa shape index (κ3) is 5.73. The van der Waals surface area contributed by atoms with Gasteiger partial charge in [-0.25, -0.2) is 4.98 Å². The van der Waals surface area contributed by atoms with E-state index in [1.54, 1.807) is 6.20 Å². The van der Waals surface area contributed by atoms with Crippen molar-refractivity contribution < 1.29 is 4.79 Å². The van der Waals surface area contributed by atoms with E-state index in [2.05, 4.69) is 15.3 Å². The van der Waals surface area contributed by atoms with Crippen molar-refractivity contribution in [3.05, 3.63) is 35.5 Å². The number of hydrogen-bond acceptors (Lipinski definition) is 5. The van der Waals surface area contributed by atoms with Gasteiger partial charge in [0.1, 0.15) is 5.01 Å². The van der Waals surface area contributed by atoms with Crippen LogP contribution in [0.15, 0.2) is 29.8 Å². The van der Waals surface area contributed by atoms with Gasteiger partial charge < -0.3 is 11.1 Å². The highest BCUT2D eigenvalue weighted by molar-refractivity contribution is 7.13. The molecule has 1 amide bonds. The number of nitrogens with one attached hydrogen (secondary N) is 1. The van der Waals surface area contributed by atoms with Crippen molar-refractivity contribution >= 4 is 42.1 Å². The molecule has 0 bridgehead atoms. The molecule has 1 saturated carbocycles. The molecule has 0 aliphatic heterocycles. The summed E-state index contributed by atoms with van der Waals surface area (Å²) in [5.74, 6) is 0.573. The summed E-state index contributed by atoms with van der Waals surface area (Å²) in [4.78, 5) is 20.6. The number of hydrogen-bond donors (Lipinski definition) is 2. The van der Waals surface area contributed by atoms with Gasteiger partial charge in [0.25, 0.3) is 0 Å². The second kappa shape index (κ2) is 9.17. The molecule has 1 fully saturated rings. The summed E-state index contributed by atoms with van der Waals surface area (Å²) < 4.78 is 0. The monoisotopic (exact) mass is 374 g/mol. The predicted molar refractivity (Wildman–Crippen MR) is 97.3 cm³/mol. The Morgan fingerprint density at radius 2 is 2.17 bits per heavy atom. The topological polar surface area (TPSA) is 80.9 Å². The first-order chi connectivity index (χ1) is 10.2. The maximum Gasteiger partial charge on any atom is 0.226 e. The summed E-state index contributed by atoms with van der Waals surface area (Å²) in [6.45, 7) is 0.556. The molecule has 8 heteroatoms. The lowest BCUT2D eigenvalue weighted by Crippen LogP contribution is -2.39. The minimum absolute atomic E-state index is 0. The fourth-order valence-corrected chi connectivity index (χ4v) is 2.94. The van der Waals surface area contributed by atoms with Crippen LogP contribution in [-0.2, 0) is 11.2 Å². The van der Waals surface area contributed by atoms with E-state index >= 15 is 0 Å². The number of aromatic nitrogens is 2. The van der Waals surface area contributed by atoms with E-state index in [0.717, 1.165) is 16.4 Å². The first kappa shape index (κ1) is 19.8. The first-order valence-corrected chi connectivity index (χ1v) is 7.98. The van der Waals surface area contributed by atoms with Gasteiger partial charge in [0, 0.05) is 24.2 Å². The number of pyridine rings is 1. The van der Waals surface area contributed by atoms with E-state index in [0.29, 0.717) is 18.9 Å². The molecule has 3 rings (SSSR count). The van der Waals surface area contributed by atoms with Gasteiger partial charge >= 0.3 is 0 Å². The number of thiazole rings is 1. The van der Waals surface area contributed by atoms with Crippen LogP contribution in [0.25, 0.3) is 10.7 Å². The predicted octanol–water partition coefficient (Wildman–Crippen LogP) is 2.44. The van der Waals surface area contributed by atoms with Crippen molar-refractivity contribution in [2.45, 2.75) is 25.3 Å². The van der Waals surface area contributed by atoms with Crippen LogP contribution in [0.2, 0.25) is 0 Å². The molecule has 3 N–H and O–H groups in total. The smallest absolute Gasteiger partial charge is 0.226 e. The van der Waals surface area contributed by atoms with Crippen LogP contribution in [0.5, 0.6) is 0 Å². The van der Waals surface area contributed by atoms with Crippen LogP contribution < -0.4 is 11.1 Å². The molecule has 23 heavy (non-hydrogen) atoms. The Morgan fingerprint density at radius 1 is 1.39 bits per heavy atom. The number of halogens is 2. The third-order valence-electron chi connectivity index (χ3n) is 3.54. The lowest BCUT2D eigenvalue weighted by atomic mass is 10.2. The van der Waals surface area contributed by atoms with Gasteiger partial charge in [0.2, 0.25) is 5.91 Å². The zero-order valence-corrected chi connectivity index (χ0v) is 14.9. The molecule has 126 valence electrons. The number of carbonyl (C=O) groups excluding carboxylic acids is 1. The van der Waals surface area contributed by atoms with Gasteiger partial charge in [-0.3, -0.25) is 9.78 Å². The number of carbonyl (C=O) groups is 1. The Morgan fingerprint density at radius 3 is 2.83 bits per heavy atom. The van der Waals surface area contributed by atoms with Crippen LogP contribution >= 0.6 is 36.2 Å². The van der Waals surface area contributed by atoms with Gasteiger partial charge in [0.05, 0.1) is 17.8 Å². The van der Waals surface area contributed by atoms with Gasteiger partial charge in [-0.1, -0.05) is 6.07 Å². The number of nitrogens with zero attached hydrogens (tertiary/aromatic N) is 2. The SMILES string of the molecule is Cl.Cl.NC(CNC(=O)Cc1csc(-c2ccccn2)n1)C1CC1. The maximum atomic E-state index is 11.9. The Labute approximate surface area is 151 Å². The third-order valence-corrected chi connectivity index (χ3v) is 4.45. The van der Waals surface area contributed by atoms with E-state index in [4.69, 9.17) is 5.73 Å². The van der Waals surface area contributed by atoms with Crippen LogP contribution in [0.1, 0.15) is 18.5 Å². The molecule has 1 unspecified atom stereocenters. The fraction of sp³-hybridized carbons (Fsp3) is 0.400. The molecule has 0 radical (unpaired) electrons. The Balaban J connectivity index is 0.00000132. The zero-order valence-electron chi connectivity index (χ0n) is 12.5. The number of amides is 1. The average molecular weight is 375 g/mol. The van der Waals surface area contributed by atoms with Crippen LogP contribution in [0, 0.1) is 5.92 Å². The Hall–Kier alpha value is -1.21. The Bertz CT molecular complexity index is 619. The van der Waals surface area contributed by atoms with Gasteiger partial charge in [-0.15, -0.1) is 36.2 Å². The first-order valence-electron chi connectivity index (χ1n) is 7.10. The minimum Gasteiger partial charge on any atom is -0.354 e. The normalized spacial score (nSPS) is 14.3. The highest BCUT2D eigenvalue weighted by atomic mass is 35.5. The molecular weight excluding hydrogens is 355 g/mol. The van der Waals surface area contributed by atoms with E-state index in [1.807, 2.05) is 23.6 Å². The zero-order chi connectivity index (χ0) is 14.7. The standard InChI is InChI=1S/C15H18N4OS.2ClH/c16-12(10-4-5-10)8-18-14(20)7-11-9-21-15(19-11)13-3-1-2-6-17-13;;/h1-3,6,9-10,12H,4-5,7-8,16H2,(H,18,20);2*1H. The molecular formula is C15H20Cl2N4OS. The number of nitrogens with two attached hydrogens (primary N) is 1. The Kier molecular flexibility index (Phi) is 7.91. The molecule has 2 heterocycles. The molecule has 0 saturated heterocycles. The molecule has 0 aromatic carbocycles. The van der Waals surface area contributed by atoms with E-state index < -0.39 is 0 Å². The summed E-state index contributed by atoms with van der Waals surface area (Å²) in [7, 11) is 0. The number of rotatable bonds is 6. The van der Waals surface area contributed by atoms with Crippen molar-refractivity contribution in [1.29, 1.82) is 0 Å². The minimum atomic E-state index is -0.0241. The summed E-state index contributed by atoms with van der Waals surface area (Å²) in [6, 6.07) is 5.80. The molecule has 0 spiro atoms. The lowest BCUT2D eigenvalue weighted by molar-refractivity contribution is -0.120. The molecule has 2 aromatic heterocycles. The van der Waals surface area contributed by atoms with Crippen molar-refractivity contribution in [3.8, 4) is 10.7 Å². The largest absolute Gasteiger partial charge is 0.354 e. The van der Waals surface area contributed by atoms with Gasteiger partial charge in [-0.2, -0.15) is 0 Å². The summed E-state index contributed by atoms with van der Waals surface area (Å²) in [6.07, 6.45) is 4.41. The van der Waals surface area contributed by atoms with E-state index in [9.17, 15) is 4.79 Å². The molecule has 1 aliphatic carbocycles. The van der Waals surface area contributed by atoms with Gasteiger partial charge in [-0.05, 0) is 30.9 Å². The van der Waals surface area contributed by atoms with Crippen LogP contribution in [-0.4, -0.2) is 28.5 Å². The lowest BCUT2D eigenvalue weighted by Gasteiger charge is -2.10. The van der Waals surface area contributed by atoms with E-state index in [1.165, 1.54) is 24.2 Å². The van der Waals surface area contributed by atoms with Crippen LogP contribution in [0.3, 0.4) is 0 Å². The second-order valence-electron chi connectivity index (χ2n) is 5.34. The van der Waals surface area contributed by atoms with Crippen molar-refractivity contribution in [3.63, 3.8) is 0 Å². The van der Waals surface area contributed by atoms with Gasteiger partial charge in [0.15, 0.2) is 0 Å². The molecule has 1 atom stereocenters. The van der Waals surface area contributed by atoms with Crippen molar-refractivity contribution in [2.24, 2.45) is 11.7 Å². The quantitative estimate of drug-likeness (QED) is 0.813. The van der Waals surface area contributed by atoms with Crippen molar-refractivity contribution in [2.75, 3.05) is 6.54 Å². The van der Waals surface area contributed by atoms with E-state index in [-0.39, 0.29) is 36.8 Å². The fourth-order valence-electron chi connectivity index (χ4n) is 2.14. The highest BCUT2D eigenvalue weighted by Gasteiger charge is 2.28. The molecule has 2 aromatic rings. The summed E-state index contributed by atoms with van der Waals surface area (Å²) in [5, 5.41) is 5.63. The average Bonchev–Trinajstić information content (AvgIpc) is 3.26.